The molecule has 3 heteroatoms. The third-order valence-corrected chi connectivity index (χ3v) is 2.20. The third kappa shape index (κ3) is 4.42. The molecule has 84 valence electrons. The molecule has 0 heterocycles. The molecule has 1 aromatic rings. The predicted molar refractivity (Wildman–Crippen MR) is 60.7 cm³/mol. The van der Waals surface area contributed by atoms with Crippen molar-refractivity contribution in [2.45, 2.75) is 12.5 Å². The number of ether oxygens (including phenoxy) is 2. The van der Waals surface area contributed by atoms with E-state index in [1.54, 1.807) is 7.11 Å². The molecule has 1 unspecified atom stereocenters. The predicted octanol–water partition coefficient (Wildman–Crippen LogP) is 1.74. The van der Waals surface area contributed by atoms with Gasteiger partial charge in [0.15, 0.2) is 0 Å². The van der Waals surface area contributed by atoms with Crippen LogP contribution in [0, 0.1) is 0 Å². The van der Waals surface area contributed by atoms with Gasteiger partial charge in [0.1, 0.15) is 0 Å². The molecule has 0 saturated carbocycles. The number of benzene rings is 1. The highest BCUT2D eigenvalue weighted by atomic mass is 16.5. The van der Waals surface area contributed by atoms with E-state index in [1.807, 2.05) is 30.3 Å². The Morgan fingerprint density at radius 3 is 2.53 bits per heavy atom. The minimum atomic E-state index is 0.00283. The van der Waals surface area contributed by atoms with Crippen LogP contribution in [0.15, 0.2) is 30.3 Å². The van der Waals surface area contributed by atoms with E-state index >= 15 is 0 Å². The first kappa shape index (κ1) is 12.2. The molecule has 0 radical (unpaired) electrons. The normalized spacial score (nSPS) is 12.7. The summed E-state index contributed by atoms with van der Waals surface area (Å²) in [6.45, 7) is 1.92. The van der Waals surface area contributed by atoms with Gasteiger partial charge in [-0.25, -0.2) is 0 Å². The first-order valence-electron chi connectivity index (χ1n) is 5.24. The Morgan fingerprint density at radius 2 is 1.93 bits per heavy atom. The number of hydrogen-bond acceptors (Lipinski definition) is 3. The number of nitrogens with two attached hydrogens (primary N) is 1. The molecule has 3 nitrogen and oxygen atoms in total. The van der Waals surface area contributed by atoms with Crippen molar-refractivity contribution in [2.75, 3.05) is 26.9 Å². The summed E-state index contributed by atoms with van der Waals surface area (Å²) in [5.74, 6) is 0. The van der Waals surface area contributed by atoms with Crippen LogP contribution in [0.2, 0.25) is 0 Å². The Kier molecular flexibility index (Phi) is 6.00. The van der Waals surface area contributed by atoms with Crippen molar-refractivity contribution in [1.82, 2.24) is 0 Å². The van der Waals surface area contributed by atoms with E-state index in [1.165, 1.54) is 0 Å². The van der Waals surface area contributed by atoms with Crippen LogP contribution in [-0.4, -0.2) is 26.9 Å². The van der Waals surface area contributed by atoms with E-state index in [4.69, 9.17) is 15.2 Å². The molecule has 0 aliphatic carbocycles. The Balaban J connectivity index is 2.36. The van der Waals surface area contributed by atoms with Crippen LogP contribution in [-0.2, 0) is 9.47 Å². The average Bonchev–Trinajstić information content (AvgIpc) is 2.30. The minimum Gasteiger partial charge on any atom is -0.385 e. The second-order valence-corrected chi connectivity index (χ2v) is 3.35. The maximum Gasteiger partial charge on any atom is 0.0947 e. The highest BCUT2D eigenvalue weighted by Crippen LogP contribution is 2.15. The summed E-state index contributed by atoms with van der Waals surface area (Å²) >= 11 is 0. The van der Waals surface area contributed by atoms with Crippen LogP contribution in [0.4, 0.5) is 0 Å². The topological polar surface area (TPSA) is 44.5 Å². The molecule has 1 atom stereocenters. The summed E-state index contributed by atoms with van der Waals surface area (Å²) in [6.07, 6.45) is 0.905. The fraction of sp³-hybridized carbons (Fsp3) is 0.500. The Morgan fingerprint density at radius 1 is 1.20 bits per heavy atom. The fourth-order valence-electron chi connectivity index (χ4n) is 1.40. The van der Waals surface area contributed by atoms with Crippen molar-refractivity contribution in [3.63, 3.8) is 0 Å². The lowest BCUT2D eigenvalue weighted by molar-refractivity contribution is 0.0439. The van der Waals surface area contributed by atoms with Crippen molar-refractivity contribution in [1.29, 1.82) is 0 Å². The van der Waals surface area contributed by atoms with Crippen molar-refractivity contribution >= 4 is 0 Å². The molecule has 0 spiro atoms. The SMILES string of the molecule is COCCCOC(CN)c1ccccc1. The minimum absolute atomic E-state index is 0.00283. The lowest BCUT2D eigenvalue weighted by Crippen LogP contribution is -2.16. The van der Waals surface area contributed by atoms with Crippen molar-refractivity contribution in [3.05, 3.63) is 35.9 Å². The van der Waals surface area contributed by atoms with Crippen LogP contribution < -0.4 is 5.73 Å². The van der Waals surface area contributed by atoms with E-state index in [0.29, 0.717) is 13.2 Å². The summed E-state index contributed by atoms with van der Waals surface area (Å²) < 4.78 is 10.6. The second-order valence-electron chi connectivity index (χ2n) is 3.35. The highest BCUT2D eigenvalue weighted by molar-refractivity contribution is 5.17. The van der Waals surface area contributed by atoms with Gasteiger partial charge in [-0.1, -0.05) is 30.3 Å². The zero-order chi connectivity index (χ0) is 10.9. The highest BCUT2D eigenvalue weighted by Gasteiger charge is 2.08. The van der Waals surface area contributed by atoms with Gasteiger partial charge in [-0.15, -0.1) is 0 Å². The molecule has 0 saturated heterocycles. The van der Waals surface area contributed by atoms with Gasteiger partial charge in [0, 0.05) is 26.9 Å². The zero-order valence-corrected chi connectivity index (χ0v) is 9.19. The summed E-state index contributed by atoms with van der Waals surface area (Å²) in [5.41, 5.74) is 6.80. The molecular formula is C12H19NO2. The molecule has 0 amide bonds. The van der Waals surface area contributed by atoms with Gasteiger partial charge in [-0.2, -0.15) is 0 Å². The van der Waals surface area contributed by atoms with Gasteiger partial charge in [-0.3, -0.25) is 0 Å². The quantitative estimate of drug-likeness (QED) is 0.696. The Labute approximate surface area is 91.2 Å². The van der Waals surface area contributed by atoms with Crippen LogP contribution in [0.1, 0.15) is 18.1 Å². The average molecular weight is 209 g/mol. The monoisotopic (exact) mass is 209 g/mol. The van der Waals surface area contributed by atoms with Gasteiger partial charge in [0.05, 0.1) is 6.10 Å². The summed E-state index contributed by atoms with van der Waals surface area (Å²) in [5, 5.41) is 0. The van der Waals surface area contributed by atoms with E-state index in [-0.39, 0.29) is 6.10 Å². The maximum absolute atomic E-state index is 5.67. The standard InChI is InChI=1S/C12H19NO2/c1-14-8-5-9-15-12(10-13)11-6-3-2-4-7-11/h2-4,6-7,12H,5,8-10,13H2,1H3. The van der Waals surface area contributed by atoms with E-state index in [9.17, 15) is 0 Å². The van der Waals surface area contributed by atoms with E-state index < -0.39 is 0 Å². The Bertz CT molecular complexity index is 251. The van der Waals surface area contributed by atoms with Crippen molar-refractivity contribution in [2.24, 2.45) is 5.73 Å². The second kappa shape index (κ2) is 7.40. The molecule has 0 aliphatic rings. The fourth-order valence-corrected chi connectivity index (χ4v) is 1.40. The van der Waals surface area contributed by atoms with E-state index in [2.05, 4.69) is 0 Å². The van der Waals surface area contributed by atoms with Gasteiger partial charge < -0.3 is 15.2 Å². The summed E-state index contributed by atoms with van der Waals surface area (Å²) in [7, 11) is 1.69. The van der Waals surface area contributed by atoms with Crippen LogP contribution >= 0.6 is 0 Å². The van der Waals surface area contributed by atoms with Crippen molar-refractivity contribution < 1.29 is 9.47 Å². The molecule has 0 fully saturated rings. The Hall–Kier alpha value is -0.900. The first-order valence-corrected chi connectivity index (χ1v) is 5.24. The number of methoxy groups -OCH3 is 1. The van der Waals surface area contributed by atoms with Gasteiger partial charge in [-0.05, 0) is 12.0 Å². The van der Waals surface area contributed by atoms with Gasteiger partial charge >= 0.3 is 0 Å². The van der Waals surface area contributed by atoms with E-state index in [0.717, 1.165) is 18.6 Å². The third-order valence-electron chi connectivity index (χ3n) is 2.20. The van der Waals surface area contributed by atoms with Crippen LogP contribution in [0.5, 0.6) is 0 Å². The molecule has 0 aliphatic heterocycles. The maximum atomic E-state index is 5.67. The number of rotatable bonds is 7. The molecule has 2 N–H and O–H groups in total. The molecule has 15 heavy (non-hydrogen) atoms. The molecule has 1 rings (SSSR count). The number of hydrogen-bond donors (Lipinski definition) is 1. The van der Waals surface area contributed by atoms with Gasteiger partial charge in [0.25, 0.3) is 0 Å². The largest absolute Gasteiger partial charge is 0.385 e. The molecule has 1 aromatic carbocycles. The van der Waals surface area contributed by atoms with Crippen LogP contribution in [0.25, 0.3) is 0 Å². The smallest absolute Gasteiger partial charge is 0.0947 e. The van der Waals surface area contributed by atoms with Crippen LogP contribution in [0.3, 0.4) is 0 Å². The first-order chi connectivity index (χ1) is 7.38. The van der Waals surface area contributed by atoms with Crippen molar-refractivity contribution in [3.8, 4) is 0 Å². The molecule has 0 aromatic heterocycles. The summed E-state index contributed by atoms with van der Waals surface area (Å²) in [6, 6.07) is 10.1. The molecule has 0 bridgehead atoms. The van der Waals surface area contributed by atoms with Gasteiger partial charge in [0.2, 0.25) is 0 Å². The lowest BCUT2D eigenvalue weighted by atomic mass is 10.1. The molecular weight excluding hydrogens is 190 g/mol. The lowest BCUT2D eigenvalue weighted by Gasteiger charge is -2.16. The zero-order valence-electron chi connectivity index (χ0n) is 9.19. The summed E-state index contributed by atoms with van der Waals surface area (Å²) in [4.78, 5) is 0.